The first-order valence-electron chi connectivity index (χ1n) is 7.87. The number of carbonyl (C=O) groups excluding carboxylic acids is 1. The Labute approximate surface area is 156 Å². The molecule has 1 fully saturated rings. The number of ether oxygens (including phenoxy) is 2. The summed E-state index contributed by atoms with van der Waals surface area (Å²) in [7, 11) is -3.06. The van der Waals surface area contributed by atoms with E-state index in [1.54, 1.807) is 24.3 Å². The molecule has 0 amide bonds. The van der Waals surface area contributed by atoms with Gasteiger partial charge in [-0.25, -0.2) is 13.2 Å². The molecule has 2 N–H and O–H groups in total. The van der Waals surface area contributed by atoms with E-state index in [1.165, 1.54) is 12.1 Å². The van der Waals surface area contributed by atoms with Gasteiger partial charge in [-0.05, 0) is 35.4 Å². The highest BCUT2D eigenvalue weighted by Crippen LogP contribution is 2.32. The number of nitrogens with two attached hydrogens (primary N) is 1. The van der Waals surface area contributed by atoms with Crippen molar-refractivity contribution in [2.45, 2.75) is 22.3 Å². The molecule has 0 bridgehead atoms. The van der Waals surface area contributed by atoms with Crippen molar-refractivity contribution in [3.05, 3.63) is 53.6 Å². The van der Waals surface area contributed by atoms with Crippen LogP contribution in [0.2, 0.25) is 5.02 Å². The fraction of sp³-hybridized carbons (Fsp3) is 0.278. The maximum Gasteiger partial charge on any atom is 0.342 e. The van der Waals surface area contributed by atoms with Gasteiger partial charge in [0.05, 0.1) is 24.7 Å². The van der Waals surface area contributed by atoms with E-state index >= 15 is 0 Å². The monoisotopic (exact) mass is 395 g/mol. The van der Waals surface area contributed by atoms with Crippen LogP contribution in [0.4, 0.5) is 0 Å². The highest BCUT2D eigenvalue weighted by atomic mass is 35.5. The second kappa shape index (κ2) is 7.00. The Morgan fingerprint density at radius 3 is 2.15 bits per heavy atom. The zero-order chi connectivity index (χ0) is 18.9. The summed E-state index contributed by atoms with van der Waals surface area (Å²) in [4.78, 5) is 9.90. The number of carbonyl (C=O) groups is 1. The standard InChI is InChI=1S/C18H18ClNO5S/c1-24-17(21)18(20,10-15-11-25-15)26(22,23)16-8-4-13(5-9-16)12-2-6-14(19)7-3-12/h2-9,15H,10-11,20H2,1H3. The average Bonchev–Trinajstić information content (AvgIpc) is 3.45. The van der Waals surface area contributed by atoms with Crippen molar-refractivity contribution < 1.29 is 22.7 Å². The summed E-state index contributed by atoms with van der Waals surface area (Å²) < 4.78 is 35.7. The molecule has 0 aliphatic carbocycles. The van der Waals surface area contributed by atoms with Gasteiger partial charge < -0.3 is 15.2 Å². The fourth-order valence-corrected chi connectivity index (χ4v) is 4.43. The molecule has 8 heteroatoms. The molecule has 0 saturated carbocycles. The number of methoxy groups -OCH3 is 1. The lowest BCUT2D eigenvalue weighted by Crippen LogP contribution is -2.56. The molecule has 2 atom stereocenters. The third kappa shape index (κ3) is 3.48. The minimum atomic E-state index is -4.17. The minimum Gasteiger partial charge on any atom is -0.467 e. The van der Waals surface area contributed by atoms with E-state index in [4.69, 9.17) is 22.1 Å². The first kappa shape index (κ1) is 18.8. The van der Waals surface area contributed by atoms with Crippen molar-refractivity contribution in [3.8, 4) is 11.1 Å². The molecule has 1 saturated heterocycles. The second-order valence-electron chi connectivity index (χ2n) is 6.08. The van der Waals surface area contributed by atoms with Crippen LogP contribution in [0.25, 0.3) is 11.1 Å². The summed E-state index contributed by atoms with van der Waals surface area (Å²) >= 11 is 5.88. The minimum absolute atomic E-state index is 0.0521. The van der Waals surface area contributed by atoms with Gasteiger partial charge >= 0.3 is 5.97 Å². The quantitative estimate of drug-likeness (QED) is 0.595. The SMILES string of the molecule is COC(=O)C(N)(CC1CO1)S(=O)(=O)c1ccc(-c2ccc(Cl)cc2)cc1. The van der Waals surface area contributed by atoms with Crippen molar-refractivity contribution in [2.24, 2.45) is 5.73 Å². The van der Waals surface area contributed by atoms with Gasteiger partial charge in [0.2, 0.25) is 14.7 Å². The third-order valence-electron chi connectivity index (χ3n) is 4.29. The highest BCUT2D eigenvalue weighted by molar-refractivity contribution is 7.93. The van der Waals surface area contributed by atoms with E-state index in [9.17, 15) is 13.2 Å². The molecule has 138 valence electrons. The Morgan fingerprint density at radius 2 is 1.69 bits per heavy atom. The van der Waals surface area contributed by atoms with E-state index in [-0.39, 0.29) is 17.4 Å². The largest absolute Gasteiger partial charge is 0.467 e. The van der Waals surface area contributed by atoms with Crippen molar-refractivity contribution in [2.75, 3.05) is 13.7 Å². The van der Waals surface area contributed by atoms with Crippen LogP contribution < -0.4 is 5.73 Å². The first-order chi connectivity index (χ1) is 12.3. The first-order valence-corrected chi connectivity index (χ1v) is 9.73. The normalized spacial score (nSPS) is 18.8. The number of halogens is 1. The van der Waals surface area contributed by atoms with Gasteiger partial charge in [0, 0.05) is 11.4 Å². The third-order valence-corrected chi connectivity index (χ3v) is 6.72. The summed E-state index contributed by atoms with van der Waals surface area (Å²) in [6, 6.07) is 13.3. The van der Waals surface area contributed by atoms with Crippen LogP contribution in [0.15, 0.2) is 53.4 Å². The van der Waals surface area contributed by atoms with E-state index in [0.717, 1.165) is 18.2 Å². The van der Waals surface area contributed by atoms with Crippen LogP contribution in [0.5, 0.6) is 0 Å². The van der Waals surface area contributed by atoms with E-state index in [2.05, 4.69) is 4.74 Å². The van der Waals surface area contributed by atoms with E-state index in [0.29, 0.717) is 11.6 Å². The van der Waals surface area contributed by atoms with Gasteiger partial charge in [0.15, 0.2) is 0 Å². The van der Waals surface area contributed by atoms with Gasteiger partial charge in [0.1, 0.15) is 0 Å². The van der Waals surface area contributed by atoms with E-state index < -0.39 is 20.7 Å². The van der Waals surface area contributed by atoms with Crippen LogP contribution in [0.1, 0.15) is 6.42 Å². The molecular weight excluding hydrogens is 378 g/mol. The van der Waals surface area contributed by atoms with Crippen LogP contribution in [-0.2, 0) is 24.1 Å². The smallest absolute Gasteiger partial charge is 0.342 e. The molecule has 1 aliphatic rings. The Bertz CT molecular complexity index is 908. The van der Waals surface area contributed by atoms with Gasteiger partial charge in [0.25, 0.3) is 0 Å². The lowest BCUT2D eigenvalue weighted by molar-refractivity contribution is -0.144. The number of esters is 1. The Morgan fingerprint density at radius 1 is 1.19 bits per heavy atom. The van der Waals surface area contributed by atoms with E-state index in [1.807, 2.05) is 12.1 Å². The number of hydrogen-bond acceptors (Lipinski definition) is 6. The summed E-state index contributed by atoms with van der Waals surface area (Å²) in [5.41, 5.74) is 7.71. The number of epoxide rings is 1. The Balaban J connectivity index is 1.95. The summed E-state index contributed by atoms with van der Waals surface area (Å²) in [6.07, 6.45) is -0.511. The summed E-state index contributed by atoms with van der Waals surface area (Å²) in [6.45, 7) is 0.376. The van der Waals surface area contributed by atoms with Crippen LogP contribution >= 0.6 is 11.6 Å². The average molecular weight is 396 g/mol. The molecule has 3 rings (SSSR count). The fourth-order valence-electron chi connectivity index (χ4n) is 2.68. The van der Waals surface area contributed by atoms with Gasteiger partial charge in [-0.15, -0.1) is 0 Å². The van der Waals surface area contributed by atoms with Crippen molar-refractivity contribution in [3.63, 3.8) is 0 Å². The molecule has 0 spiro atoms. The number of sulfone groups is 1. The molecule has 2 unspecified atom stereocenters. The Hall–Kier alpha value is -1.93. The highest BCUT2D eigenvalue weighted by Gasteiger charge is 2.52. The predicted molar refractivity (Wildman–Crippen MR) is 97.4 cm³/mol. The van der Waals surface area contributed by atoms with Crippen LogP contribution in [0, 0.1) is 0 Å². The molecule has 0 aromatic heterocycles. The molecule has 0 radical (unpaired) electrons. The number of hydrogen-bond donors (Lipinski definition) is 1. The number of rotatable bonds is 6. The van der Waals surface area contributed by atoms with Crippen molar-refractivity contribution in [1.29, 1.82) is 0 Å². The molecule has 1 aliphatic heterocycles. The van der Waals surface area contributed by atoms with Gasteiger partial charge in [-0.2, -0.15) is 0 Å². The summed E-state index contributed by atoms with van der Waals surface area (Å²) in [5.74, 6) is -1.00. The number of benzene rings is 2. The topological polar surface area (TPSA) is 99.0 Å². The maximum absolute atomic E-state index is 13.0. The zero-order valence-electron chi connectivity index (χ0n) is 14.0. The molecule has 26 heavy (non-hydrogen) atoms. The maximum atomic E-state index is 13.0. The molecular formula is C18H18ClNO5S. The lowest BCUT2D eigenvalue weighted by Gasteiger charge is -2.25. The molecule has 2 aromatic rings. The predicted octanol–water partition coefficient (Wildman–Crippen LogP) is 2.40. The summed E-state index contributed by atoms with van der Waals surface area (Å²) in [5, 5.41) is 0.612. The molecule has 2 aromatic carbocycles. The second-order valence-corrected chi connectivity index (χ2v) is 8.72. The zero-order valence-corrected chi connectivity index (χ0v) is 15.6. The lowest BCUT2D eigenvalue weighted by atomic mass is 10.1. The van der Waals surface area contributed by atoms with Crippen LogP contribution in [-0.4, -0.2) is 39.1 Å². The molecule has 6 nitrogen and oxygen atoms in total. The van der Waals surface area contributed by atoms with Gasteiger partial charge in [-0.3, -0.25) is 0 Å². The van der Waals surface area contributed by atoms with Crippen LogP contribution in [0.3, 0.4) is 0 Å². The Kier molecular flexibility index (Phi) is 5.07. The van der Waals surface area contributed by atoms with Gasteiger partial charge in [-0.1, -0.05) is 35.9 Å². The molecule has 1 heterocycles. The van der Waals surface area contributed by atoms with Crippen molar-refractivity contribution >= 4 is 27.4 Å². The van der Waals surface area contributed by atoms with Crippen molar-refractivity contribution in [1.82, 2.24) is 0 Å².